The molecule has 0 spiro atoms. The summed E-state index contributed by atoms with van der Waals surface area (Å²) in [7, 11) is 0. The van der Waals surface area contributed by atoms with Crippen molar-refractivity contribution in [1.82, 2.24) is 4.98 Å². The number of hydrogen-bond acceptors (Lipinski definition) is 3. The second kappa shape index (κ2) is 7.33. The maximum atomic E-state index is 12.8. The largest absolute Gasteiger partial charge is 0.455 e. The van der Waals surface area contributed by atoms with E-state index in [1.165, 1.54) is 0 Å². The van der Waals surface area contributed by atoms with E-state index >= 15 is 0 Å². The summed E-state index contributed by atoms with van der Waals surface area (Å²) >= 11 is 0. The molecule has 1 aromatic heterocycles. The number of nitrogens with one attached hydrogen (secondary N) is 1. The number of benzene rings is 1. The second-order valence-corrected chi connectivity index (χ2v) is 9.57. The second-order valence-electron chi connectivity index (χ2n) is 9.57. The predicted octanol–water partition coefficient (Wildman–Crippen LogP) is 6.24. The van der Waals surface area contributed by atoms with E-state index in [4.69, 9.17) is 9.73 Å². The number of allylic oxidation sites excluding steroid dienone is 1. The van der Waals surface area contributed by atoms with Crippen molar-refractivity contribution < 1.29 is 9.53 Å². The molecule has 0 unspecified atom stereocenters. The van der Waals surface area contributed by atoms with Gasteiger partial charge in [-0.05, 0) is 58.2 Å². The third-order valence-corrected chi connectivity index (χ3v) is 5.66. The van der Waals surface area contributed by atoms with Crippen molar-refractivity contribution in [2.45, 2.75) is 67.4 Å². The molecular formula is C25H32N2O2. The van der Waals surface area contributed by atoms with Crippen LogP contribution in [0.1, 0.15) is 80.8 Å². The van der Waals surface area contributed by atoms with Crippen molar-refractivity contribution in [1.29, 1.82) is 0 Å². The molecule has 1 aliphatic rings. The van der Waals surface area contributed by atoms with Crippen LogP contribution in [-0.4, -0.2) is 22.3 Å². The number of rotatable bonds is 3. The van der Waals surface area contributed by atoms with Crippen molar-refractivity contribution in [3.05, 3.63) is 64.1 Å². The average Bonchev–Trinajstić information content (AvgIpc) is 3.05. The first-order valence-corrected chi connectivity index (χ1v) is 10.2. The number of aromatic nitrogens is 1. The zero-order chi connectivity index (χ0) is 21.6. The smallest absolute Gasteiger partial charge is 0.355 e. The molecule has 1 N–H and O–H groups in total. The lowest BCUT2D eigenvalue weighted by Gasteiger charge is -2.19. The zero-order valence-corrected chi connectivity index (χ0v) is 18.9. The minimum atomic E-state index is -0.541. The van der Waals surface area contributed by atoms with Crippen LogP contribution in [0, 0.1) is 19.3 Å². The molecule has 29 heavy (non-hydrogen) atoms. The Bertz CT molecular complexity index is 999. The molecule has 1 aromatic carbocycles. The quantitative estimate of drug-likeness (QED) is 0.629. The summed E-state index contributed by atoms with van der Waals surface area (Å²) in [5.41, 5.74) is 7.25. The molecule has 0 aliphatic carbocycles. The standard InChI is InChI=1S/C25H32N2O2/c1-15-16(2)22(23(28)29-24(4,5)6)27-21(15)20(18-12-10-9-11-13-18)19-14-25(7,8)17(3)26-19/h9-13,27H,14H2,1-8H3/b20-19-. The lowest BCUT2D eigenvalue weighted by Crippen LogP contribution is -2.24. The van der Waals surface area contributed by atoms with E-state index in [1.807, 2.05) is 45.9 Å². The Morgan fingerprint density at radius 1 is 1.03 bits per heavy atom. The lowest BCUT2D eigenvalue weighted by molar-refractivity contribution is 0.00627. The summed E-state index contributed by atoms with van der Waals surface area (Å²) in [6.07, 6.45) is 0.863. The molecule has 4 heteroatoms. The highest BCUT2D eigenvalue weighted by atomic mass is 16.6. The molecular weight excluding hydrogens is 360 g/mol. The zero-order valence-electron chi connectivity index (χ0n) is 18.9. The number of aliphatic imine (C=N–C) groups is 1. The molecule has 0 atom stereocenters. The van der Waals surface area contributed by atoms with Crippen molar-refractivity contribution >= 4 is 17.3 Å². The van der Waals surface area contributed by atoms with Gasteiger partial charge in [0.15, 0.2) is 0 Å². The Morgan fingerprint density at radius 3 is 2.14 bits per heavy atom. The maximum Gasteiger partial charge on any atom is 0.355 e. The Kier molecular flexibility index (Phi) is 5.33. The number of nitrogens with zero attached hydrogens (tertiary/aromatic N) is 1. The SMILES string of the molecule is CC1=N/C(=C(/c2ccccc2)c2[nH]c(C(=O)OC(C)(C)C)c(C)c2C)CC1(C)C. The van der Waals surface area contributed by atoms with Crippen LogP contribution >= 0.6 is 0 Å². The molecule has 0 bridgehead atoms. The summed E-state index contributed by atoms with van der Waals surface area (Å²) in [5.74, 6) is -0.326. The van der Waals surface area contributed by atoms with E-state index in [9.17, 15) is 4.79 Å². The van der Waals surface area contributed by atoms with Gasteiger partial charge in [0.05, 0.1) is 11.4 Å². The molecule has 2 aromatic rings. The normalized spacial score (nSPS) is 17.9. The van der Waals surface area contributed by atoms with Gasteiger partial charge in [-0.25, -0.2) is 4.79 Å². The Balaban J connectivity index is 2.19. The molecule has 0 saturated heterocycles. The maximum absolute atomic E-state index is 12.8. The minimum Gasteiger partial charge on any atom is -0.455 e. The topological polar surface area (TPSA) is 54.5 Å². The third kappa shape index (κ3) is 4.21. The fourth-order valence-electron chi connectivity index (χ4n) is 3.61. The van der Waals surface area contributed by atoms with Gasteiger partial charge < -0.3 is 9.72 Å². The van der Waals surface area contributed by atoms with Crippen molar-refractivity contribution in [2.24, 2.45) is 10.4 Å². The van der Waals surface area contributed by atoms with Gasteiger partial charge in [0.2, 0.25) is 0 Å². The van der Waals surface area contributed by atoms with E-state index in [0.717, 1.165) is 45.8 Å². The van der Waals surface area contributed by atoms with E-state index in [1.54, 1.807) is 0 Å². The van der Waals surface area contributed by atoms with E-state index in [2.05, 4.69) is 44.8 Å². The number of esters is 1. The Labute approximate surface area is 174 Å². The molecule has 0 saturated carbocycles. The number of H-pyrrole nitrogens is 1. The Hall–Kier alpha value is -2.62. The fourth-order valence-corrected chi connectivity index (χ4v) is 3.61. The van der Waals surface area contributed by atoms with Crippen LogP contribution in [0.25, 0.3) is 5.57 Å². The minimum absolute atomic E-state index is 0.0267. The van der Waals surface area contributed by atoms with Crippen molar-refractivity contribution in [3.8, 4) is 0 Å². The number of carbonyl (C=O) groups is 1. The number of ether oxygens (including phenoxy) is 1. The predicted molar refractivity (Wildman–Crippen MR) is 119 cm³/mol. The molecule has 2 heterocycles. The molecule has 0 radical (unpaired) electrons. The van der Waals surface area contributed by atoms with Crippen LogP contribution in [0.5, 0.6) is 0 Å². The van der Waals surface area contributed by atoms with Gasteiger partial charge in [-0.1, -0.05) is 44.2 Å². The summed E-state index contributed by atoms with van der Waals surface area (Å²) in [4.78, 5) is 21.1. The average molecular weight is 393 g/mol. The fraction of sp³-hybridized carbons (Fsp3) is 0.440. The highest BCUT2D eigenvalue weighted by molar-refractivity contribution is 5.96. The van der Waals surface area contributed by atoms with Gasteiger partial charge in [-0.3, -0.25) is 4.99 Å². The van der Waals surface area contributed by atoms with E-state index < -0.39 is 5.60 Å². The number of aromatic amines is 1. The van der Waals surface area contributed by atoms with E-state index in [-0.39, 0.29) is 11.4 Å². The monoisotopic (exact) mass is 392 g/mol. The summed E-state index contributed by atoms with van der Waals surface area (Å²) in [6.45, 7) is 16.2. The van der Waals surface area contributed by atoms with Gasteiger partial charge in [0, 0.05) is 23.1 Å². The number of hydrogen-bond donors (Lipinski definition) is 1. The molecule has 3 rings (SSSR count). The van der Waals surface area contributed by atoms with Gasteiger partial charge in [0.1, 0.15) is 11.3 Å². The van der Waals surface area contributed by atoms with Crippen LogP contribution in [-0.2, 0) is 4.74 Å². The molecule has 0 fully saturated rings. The molecule has 1 aliphatic heterocycles. The van der Waals surface area contributed by atoms with Gasteiger partial charge in [0.25, 0.3) is 0 Å². The molecule has 154 valence electrons. The van der Waals surface area contributed by atoms with Crippen LogP contribution in [0.2, 0.25) is 0 Å². The van der Waals surface area contributed by atoms with Gasteiger partial charge in [-0.2, -0.15) is 0 Å². The Morgan fingerprint density at radius 2 is 1.62 bits per heavy atom. The lowest BCUT2D eigenvalue weighted by atomic mass is 9.84. The third-order valence-electron chi connectivity index (χ3n) is 5.66. The van der Waals surface area contributed by atoms with Crippen LogP contribution < -0.4 is 0 Å². The highest BCUT2D eigenvalue weighted by Crippen LogP contribution is 2.41. The number of carbonyl (C=O) groups excluding carboxylic acids is 1. The van der Waals surface area contributed by atoms with Crippen molar-refractivity contribution in [2.75, 3.05) is 0 Å². The van der Waals surface area contributed by atoms with E-state index in [0.29, 0.717) is 5.69 Å². The van der Waals surface area contributed by atoms with Crippen molar-refractivity contribution in [3.63, 3.8) is 0 Å². The summed E-state index contributed by atoms with van der Waals surface area (Å²) < 4.78 is 5.62. The van der Waals surface area contributed by atoms with Crippen LogP contribution in [0.15, 0.2) is 41.0 Å². The first-order valence-electron chi connectivity index (χ1n) is 10.2. The molecule has 4 nitrogen and oxygen atoms in total. The van der Waals surface area contributed by atoms with Gasteiger partial charge >= 0.3 is 5.97 Å². The first kappa shape index (κ1) is 21.1. The van der Waals surface area contributed by atoms with Crippen LogP contribution in [0.4, 0.5) is 0 Å². The van der Waals surface area contributed by atoms with Gasteiger partial charge in [-0.15, -0.1) is 0 Å². The summed E-state index contributed by atoms with van der Waals surface area (Å²) in [5, 5.41) is 0. The molecule has 0 amide bonds. The first-order chi connectivity index (χ1) is 13.4. The highest BCUT2D eigenvalue weighted by Gasteiger charge is 2.33. The van der Waals surface area contributed by atoms with Crippen LogP contribution in [0.3, 0.4) is 0 Å². The summed E-state index contributed by atoms with van der Waals surface area (Å²) in [6, 6.07) is 10.3.